The Bertz CT molecular complexity index is 1140. The highest BCUT2D eigenvalue weighted by Gasteiger charge is 2.29. The van der Waals surface area contributed by atoms with Crippen molar-refractivity contribution in [2.24, 2.45) is 0 Å². The molecule has 7 nitrogen and oxygen atoms in total. The van der Waals surface area contributed by atoms with Crippen LogP contribution in [0.1, 0.15) is 10.4 Å². The number of pyridine rings is 1. The average molecular weight is 419 g/mol. The molecule has 0 saturated heterocycles. The Morgan fingerprint density at radius 3 is 2.50 bits per heavy atom. The minimum absolute atomic E-state index is 0.0181. The van der Waals surface area contributed by atoms with Crippen molar-refractivity contribution in [3.8, 4) is 5.75 Å². The number of halogens is 3. The second-order valence-corrected chi connectivity index (χ2v) is 6.21. The first-order chi connectivity index (χ1) is 14.2. The first-order valence-electron chi connectivity index (χ1n) is 8.71. The summed E-state index contributed by atoms with van der Waals surface area (Å²) < 4.78 is 41.7. The van der Waals surface area contributed by atoms with E-state index >= 15 is 0 Å². The number of para-hydroxylation sites is 3. The monoisotopic (exact) mass is 419 g/mol. The lowest BCUT2D eigenvalue weighted by Gasteiger charge is -2.14. The molecule has 156 valence electrons. The molecule has 0 bridgehead atoms. The van der Waals surface area contributed by atoms with Gasteiger partial charge in [0, 0.05) is 17.1 Å². The van der Waals surface area contributed by atoms with Crippen LogP contribution in [0, 0.1) is 0 Å². The fraction of sp³-hybridized carbons (Fsp3) is 0.150. The van der Waals surface area contributed by atoms with Gasteiger partial charge in [0.05, 0.1) is 12.2 Å². The number of H-pyrrole nitrogens is 1. The number of benzene rings is 2. The predicted molar refractivity (Wildman–Crippen MR) is 104 cm³/mol. The lowest BCUT2D eigenvalue weighted by Crippen LogP contribution is -2.35. The molecule has 1 aromatic heterocycles. The number of carbonyl (C=O) groups is 2. The summed E-state index contributed by atoms with van der Waals surface area (Å²) in [6, 6.07) is 12.2. The second kappa shape index (κ2) is 8.68. The lowest BCUT2D eigenvalue weighted by molar-refractivity contribution is -0.153. The molecule has 0 aliphatic rings. The number of anilines is 1. The number of ether oxygens (including phenoxy) is 1. The van der Waals surface area contributed by atoms with Gasteiger partial charge in [-0.2, -0.15) is 13.2 Å². The van der Waals surface area contributed by atoms with Crippen LogP contribution in [0.15, 0.2) is 59.5 Å². The van der Waals surface area contributed by atoms with Crippen molar-refractivity contribution in [2.75, 3.05) is 18.5 Å². The van der Waals surface area contributed by atoms with Crippen LogP contribution in [0.3, 0.4) is 0 Å². The van der Waals surface area contributed by atoms with Gasteiger partial charge in [0.2, 0.25) is 11.3 Å². The third-order valence-electron chi connectivity index (χ3n) is 3.99. The van der Waals surface area contributed by atoms with Crippen LogP contribution < -0.4 is 20.8 Å². The third kappa shape index (κ3) is 5.16. The molecule has 0 atom stereocenters. The molecule has 3 aromatic rings. The number of alkyl halides is 3. The number of aromatic nitrogens is 1. The maximum atomic E-state index is 12.4. The van der Waals surface area contributed by atoms with Crippen LogP contribution >= 0.6 is 0 Å². The number of carbonyl (C=O) groups excluding carboxylic acids is 2. The van der Waals surface area contributed by atoms with Crippen LogP contribution in [0.5, 0.6) is 5.75 Å². The number of fused-ring (bicyclic) bond motifs is 1. The van der Waals surface area contributed by atoms with E-state index in [1.807, 2.05) is 0 Å². The van der Waals surface area contributed by atoms with Crippen LogP contribution in [0.25, 0.3) is 10.9 Å². The standard InChI is InChI=1S/C20H16F3N3O4/c21-20(22,23)11-30-16-8-4-3-7-15(16)26-17(27)10-25-19(29)13-9-24-14-6-2-1-5-12(14)18(13)28/h1-9H,10-11H2,(H,24,28)(H,25,29)(H,26,27). The van der Waals surface area contributed by atoms with Crippen molar-refractivity contribution in [3.05, 3.63) is 70.5 Å². The van der Waals surface area contributed by atoms with E-state index in [-0.39, 0.29) is 17.0 Å². The van der Waals surface area contributed by atoms with Gasteiger partial charge in [-0.3, -0.25) is 14.4 Å². The maximum Gasteiger partial charge on any atom is 0.422 e. The number of hydrogen-bond acceptors (Lipinski definition) is 4. The Morgan fingerprint density at radius 2 is 1.73 bits per heavy atom. The summed E-state index contributed by atoms with van der Waals surface area (Å²) in [7, 11) is 0. The summed E-state index contributed by atoms with van der Waals surface area (Å²) in [6.45, 7) is -2.01. The average Bonchev–Trinajstić information content (AvgIpc) is 2.71. The molecule has 10 heteroatoms. The highest BCUT2D eigenvalue weighted by atomic mass is 19.4. The molecule has 0 aliphatic heterocycles. The van der Waals surface area contributed by atoms with Gasteiger partial charge in [-0.25, -0.2) is 0 Å². The van der Waals surface area contributed by atoms with Gasteiger partial charge in [0.1, 0.15) is 11.3 Å². The minimum atomic E-state index is -4.53. The normalized spacial score (nSPS) is 11.2. The fourth-order valence-corrected chi connectivity index (χ4v) is 2.64. The van der Waals surface area contributed by atoms with Crippen LogP contribution in [-0.2, 0) is 4.79 Å². The van der Waals surface area contributed by atoms with Crippen molar-refractivity contribution >= 4 is 28.4 Å². The Labute approximate surface area is 167 Å². The van der Waals surface area contributed by atoms with Crippen molar-refractivity contribution in [1.82, 2.24) is 10.3 Å². The number of hydrogen-bond donors (Lipinski definition) is 3. The summed E-state index contributed by atoms with van der Waals surface area (Å²) in [4.78, 5) is 39.6. The molecule has 0 unspecified atom stereocenters. The van der Waals surface area contributed by atoms with Gasteiger partial charge < -0.3 is 20.4 Å². The number of nitrogens with one attached hydrogen (secondary N) is 3. The van der Waals surface area contributed by atoms with E-state index in [0.29, 0.717) is 10.9 Å². The Hall–Kier alpha value is -3.82. The van der Waals surface area contributed by atoms with E-state index in [1.54, 1.807) is 24.3 Å². The van der Waals surface area contributed by atoms with Gasteiger partial charge in [-0.1, -0.05) is 24.3 Å². The molecule has 3 N–H and O–H groups in total. The molecule has 0 radical (unpaired) electrons. The molecule has 2 amide bonds. The van der Waals surface area contributed by atoms with Crippen LogP contribution in [-0.4, -0.2) is 36.1 Å². The number of rotatable bonds is 6. The van der Waals surface area contributed by atoms with Crippen molar-refractivity contribution < 1.29 is 27.5 Å². The summed E-state index contributed by atoms with van der Waals surface area (Å²) >= 11 is 0. The zero-order chi connectivity index (χ0) is 21.7. The molecule has 0 aliphatic carbocycles. The molecule has 30 heavy (non-hydrogen) atoms. The topological polar surface area (TPSA) is 100 Å². The largest absolute Gasteiger partial charge is 0.482 e. The van der Waals surface area contributed by atoms with Crippen molar-refractivity contribution in [2.45, 2.75) is 6.18 Å². The van der Waals surface area contributed by atoms with Crippen LogP contribution in [0.2, 0.25) is 0 Å². The quantitative estimate of drug-likeness (QED) is 0.572. The molecular weight excluding hydrogens is 403 g/mol. The summed E-state index contributed by atoms with van der Waals surface area (Å²) in [5.74, 6) is -1.64. The molecule has 0 fully saturated rings. The summed E-state index contributed by atoms with van der Waals surface area (Å²) in [5.41, 5.74) is -0.0830. The van der Waals surface area contributed by atoms with E-state index in [4.69, 9.17) is 0 Å². The Morgan fingerprint density at radius 1 is 1.03 bits per heavy atom. The fourth-order valence-electron chi connectivity index (χ4n) is 2.64. The number of amides is 2. The maximum absolute atomic E-state index is 12.4. The van der Waals surface area contributed by atoms with Gasteiger partial charge >= 0.3 is 6.18 Å². The summed E-state index contributed by atoms with van der Waals surface area (Å²) in [5, 5.41) is 5.00. The first-order valence-corrected chi connectivity index (χ1v) is 8.71. The SMILES string of the molecule is O=C(CNC(=O)c1c[nH]c2ccccc2c1=O)Nc1ccccc1OCC(F)(F)F. The first kappa shape index (κ1) is 20.9. The third-order valence-corrected chi connectivity index (χ3v) is 3.99. The van der Waals surface area contributed by atoms with E-state index in [0.717, 1.165) is 0 Å². The van der Waals surface area contributed by atoms with Gasteiger partial charge in [0.15, 0.2) is 6.61 Å². The van der Waals surface area contributed by atoms with Gasteiger partial charge in [-0.15, -0.1) is 0 Å². The van der Waals surface area contributed by atoms with E-state index < -0.39 is 36.6 Å². The zero-order valence-corrected chi connectivity index (χ0v) is 15.4. The van der Waals surface area contributed by atoms with Crippen LogP contribution in [0.4, 0.5) is 18.9 Å². The molecule has 1 heterocycles. The second-order valence-electron chi connectivity index (χ2n) is 6.21. The van der Waals surface area contributed by atoms with E-state index in [9.17, 15) is 27.6 Å². The highest BCUT2D eigenvalue weighted by Crippen LogP contribution is 2.26. The smallest absolute Gasteiger partial charge is 0.422 e. The van der Waals surface area contributed by atoms with E-state index in [2.05, 4.69) is 20.4 Å². The molecule has 2 aromatic carbocycles. The molecule has 3 rings (SSSR count). The van der Waals surface area contributed by atoms with Gasteiger partial charge in [-0.05, 0) is 24.3 Å². The summed E-state index contributed by atoms with van der Waals surface area (Å²) in [6.07, 6.45) is -3.28. The molecule has 0 spiro atoms. The minimum Gasteiger partial charge on any atom is -0.482 e. The van der Waals surface area contributed by atoms with E-state index in [1.165, 1.54) is 30.5 Å². The number of aromatic amines is 1. The van der Waals surface area contributed by atoms with Gasteiger partial charge in [0.25, 0.3) is 5.91 Å². The predicted octanol–water partition coefficient (Wildman–Crippen LogP) is 2.84. The zero-order valence-electron chi connectivity index (χ0n) is 15.4. The highest BCUT2D eigenvalue weighted by molar-refractivity contribution is 6.01. The Kier molecular flexibility index (Phi) is 6.05. The van der Waals surface area contributed by atoms with Crippen molar-refractivity contribution in [3.63, 3.8) is 0 Å². The molecular formula is C20H16F3N3O4. The Balaban J connectivity index is 1.64. The van der Waals surface area contributed by atoms with Crippen molar-refractivity contribution in [1.29, 1.82) is 0 Å². The molecule has 0 saturated carbocycles. The lowest BCUT2D eigenvalue weighted by atomic mass is 10.1.